The Morgan fingerprint density at radius 2 is 2.07 bits per heavy atom. The topological polar surface area (TPSA) is 12.0 Å². The van der Waals surface area contributed by atoms with Crippen molar-refractivity contribution in [3.63, 3.8) is 0 Å². The Morgan fingerprint density at radius 3 is 2.64 bits per heavy atom. The number of rotatable bonds is 4. The molecule has 0 aliphatic rings. The minimum absolute atomic E-state index is 0.258. The predicted octanol–water partition coefficient (Wildman–Crippen LogP) is 3.11. The van der Waals surface area contributed by atoms with Crippen LogP contribution >= 0.6 is 15.9 Å². The fraction of sp³-hybridized carbons (Fsp3) is 0.400. The second kappa shape index (κ2) is 5.41. The highest BCUT2D eigenvalue weighted by Crippen LogP contribution is 2.15. The molecule has 0 bridgehead atoms. The van der Waals surface area contributed by atoms with Gasteiger partial charge >= 0.3 is 0 Å². The second-order valence-corrected chi connectivity index (χ2v) is 4.07. The summed E-state index contributed by atoms with van der Waals surface area (Å²) in [7, 11) is 0. The minimum Gasteiger partial charge on any atom is -0.307 e. The zero-order valence-corrected chi connectivity index (χ0v) is 9.44. The van der Waals surface area contributed by atoms with Gasteiger partial charge < -0.3 is 5.32 Å². The summed E-state index contributed by atoms with van der Waals surface area (Å²) < 4.78 is 24.6. The van der Waals surface area contributed by atoms with Crippen molar-refractivity contribution in [1.29, 1.82) is 0 Å². The molecule has 0 aliphatic carbocycles. The van der Waals surface area contributed by atoms with Gasteiger partial charge in [-0.3, -0.25) is 0 Å². The van der Waals surface area contributed by atoms with E-state index < -0.39 is 6.43 Å². The lowest BCUT2D eigenvalue weighted by Gasteiger charge is -2.05. The molecule has 0 unspecified atom stereocenters. The van der Waals surface area contributed by atoms with E-state index in [0.717, 1.165) is 15.6 Å². The van der Waals surface area contributed by atoms with Gasteiger partial charge in [-0.05, 0) is 30.2 Å². The van der Waals surface area contributed by atoms with Crippen molar-refractivity contribution < 1.29 is 8.78 Å². The monoisotopic (exact) mass is 263 g/mol. The molecule has 1 nitrogen and oxygen atoms in total. The normalized spacial score (nSPS) is 10.9. The maximum absolute atomic E-state index is 11.8. The Hall–Kier alpha value is -0.480. The SMILES string of the molecule is Cc1cc(Br)cc(CNCC(F)F)c1. The molecule has 0 spiro atoms. The number of hydrogen-bond donors (Lipinski definition) is 1. The largest absolute Gasteiger partial charge is 0.307 e. The standard InChI is InChI=1S/C10H12BrF2N/c1-7-2-8(4-9(11)3-7)5-14-6-10(12)13/h2-4,10,14H,5-6H2,1H3. The summed E-state index contributed by atoms with van der Waals surface area (Å²) >= 11 is 3.36. The summed E-state index contributed by atoms with van der Waals surface area (Å²) in [6.07, 6.45) is -2.29. The van der Waals surface area contributed by atoms with Gasteiger partial charge in [0, 0.05) is 11.0 Å². The van der Waals surface area contributed by atoms with E-state index in [1.165, 1.54) is 0 Å². The molecular weight excluding hydrogens is 252 g/mol. The lowest BCUT2D eigenvalue weighted by Crippen LogP contribution is -2.20. The van der Waals surface area contributed by atoms with Crippen LogP contribution in [0.4, 0.5) is 8.78 Å². The van der Waals surface area contributed by atoms with Gasteiger partial charge in [-0.25, -0.2) is 8.78 Å². The van der Waals surface area contributed by atoms with Crippen LogP contribution in [0.2, 0.25) is 0 Å². The molecule has 0 aromatic heterocycles. The number of alkyl halides is 2. The first kappa shape index (κ1) is 11.6. The van der Waals surface area contributed by atoms with E-state index >= 15 is 0 Å². The van der Waals surface area contributed by atoms with Gasteiger partial charge in [0.1, 0.15) is 0 Å². The lowest BCUT2D eigenvalue weighted by molar-refractivity contribution is 0.145. The Balaban J connectivity index is 2.50. The molecule has 0 aliphatic heterocycles. The number of nitrogens with one attached hydrogen (secondary N) is 1. The summed E-state index contributed by atoms with van der Waals surface area (Å²) in [4.78, 5) is 0. The average Bonchev–Trinajstić information content (AvgIpc) is 2.01. The average molecular weight is 264 g/mol. The molecule has 0 atom stereocenters. The van der Waals surface area contributed by atoms with Crippen LogP contribution in [-0.4, -0.2) is 13.0 Å². The highest BCUT2D eigenvalue weighted by molar-refractivity contribution is 9.10. The van der Waals surface area contributed by atoms with Gasteiger partial charge in [0.05, 0.1) is 6.54 Å². The third kappa shape index (κ3) is 4.15. The molecule has 1 N–H and O–H groups in total. The van der Waals surface area contributed by atoms with E-state index in [2.05, 4.69) is 21.2 Å². The molecule has 1 aromatic rings. The first-order valence-corrected chi connectivity index (χ1v) is 5.12. The van der Waals surface area contributed by atoms with Crippen LogP contribution in [0.25, 0.3) is 0 Å². The predicted molar refractivity (Wildman–Crippen MR) is 56.6 cm³/mol. The zero-order chi connectivity index (χ0) is 10.6. The number of hydrogen-bond acceptors (Lipinski definition) is 1. The summed E-state index contributed by atoms with van der Waals surface area (Å²) in [5.41, 5.74) is 2.13. The lowest BCUT2D eigenvalue weighted by atomic mass is 10.1. The molecular formula is C10H12BrF2N. The summed E-state index contributed by atoms with van der Waals surface area (Å²) in [5, 5.41) is 2.68. The molecule has 1 aromatic carbocycles. The van der Waals surface area contributed by atoms with Crippen LogP contribution in [0, 0.1) is 6.92 Å². The van der Waals surface area contributed by atoms with Crippen LogP contribution in [0.5, 0.6) is 0 Å². The molecule has 0 saturated heterocycles. The van der Waals surface area contributed by atoms with Gasteiger partial charge in [-0.15, -0.1) is 0 Å². The Kier molecular flexibility index (Phi) is 4.48. The molecule has 0 heterocycles. The van der Waals surface area contributed by atoms with Crippen LogP contribution in [-0.2, 0) is 6.54 Å². The van der Waals surface area contributed by atoms with Gasteiger partial charge in [0.25, 0.3) is 6.43 Å². The van der Waals surface area contributed by atoms with Crippen LogP contribution < -0.4 is 5.32 Å². The van der Waals surface area contributed by atoms with Crippen molar-refractivity contribution in [3.8, 4) is 0 Å². The quantitative estimate of drug-likeness (QED) is 0.881. The molecule has 4 heteroatoms. The summed E-state index contributed by atoms with van der Waals surface area (Å²) in [6.45, 7) is 2.19. The number of benzene rings is 1. The van der Waals surface area contributed by atoms with Gasteiger partial charge in [0.15, 0.2) is 0 Å². The molecule has 14 heavy (non-hydrogen) atoms. The number of aryl methyl sites for hydroxylation is 1. The van der Waals surface area contributed by atoms with E-state index in [1.807, 2.05) is 25.1 Å². The third-order valence-electron chi connectivity index (χ3n) is 1.73. The molecule has 0 radical (unpaired) electrons. The first-order valence-electron chi connectivity index (χ1n) is 4.33. The fourth-order valence-corrected chi connectivity index (χ4v) is 1.89. The molecule has 0 saturated carbocycles. The van der Waals surface area contributed by atoms with Crippen LogP contribution in [0.1, 0.15) is 11.1 Å². The molecule has 0 fully saturated rings. The van der Waals surface area contributed by atoms with Crippen molar-refractivity contribution in [3.05, 3.63) is 33.8 Å². The minimum atomic E-state index is -2.29. The van der Waals surface area contributed by atoms with E-state index in [4.69, 9.17) is 0 Å². The van der Waals surface area contributed by atoms with Crippen LogP contribution in [0.3, 0.4) is 0 Å². The smallest absolute Gasteiger partial charge is 0.250 e. The van der Waals surface area contributed by atoms with Crippen molar-refractivity contribution in [2.75, 3.05) is 6.54 Å². The van der Waals surface area contributed by atoms with Gasteiger partial charge in [-0.2, -0.15) is 0 Å². The Labute approximate surface area is 90.6 Å². The number of halogens is 3. The van der Waals surface area contributed by atoms with Crippen LogP contribution in [0.15, 0.2) is 22.7 Å². The van der Waals surface area contributed by atoms with Crippen molar-refractivity contribution in [2.24, 2.45) is 0 Å². The molecule has 78 valence electrons. The van der Waals surface area contributed by atoms with Gasteiger partial charge in [0.2, 0.25) is 0 Å². The summed E-state index contributed by atoms with van der Waals surface area (Å²) in [6, 6.07) is 5.88. The van der Waals surface area contributed by atoms with Gasteiger partial charge in [-0.1, -0.05) is 22.0 Å². The highest BCUT2D eigenvalue weighted by Gasteiger charge is 2.01. The van der Waals surface area contributed by atoms with E-state index in [9.17, 15) is 8.78 Å². The second-order valence-electron chi connectivity index (χ2n) is 3.16. The van der Waals surface area contributed by atoms with E-state index in [0.29, 0.717) is 6.54 Å². The maximum atomic E-state index is 11.8. The van der Waals surface area contributed by atoms with Crippen molar-refractivity contribution in [1.82, 2.24) is 5.32 Å². The Morgan fingerprint density at radius 1 is 1.36 bits per heavy atom. The zero-order valence-electron chi connectivity index (χ0n) is 7.86. The maximum Gasteiger partial charge on any atom is 0.250 e. The highest BCUT2D eigenvalue weighted by atomic mass is 79.9. The van der Waals surface area contributed by atoms with Crippen molar-refractivity contribution >= 4 is 15.9 Å². The summed E-state index contributed by atoms with van der Waals surface area (Å²) in [5.74, 6) is 0. The van der Waals surface area contributed by atoms with E-state index in [-0.39, 0.29) is 6.54 Å². The fourth-order valence-electron chi connectivity index (χ4n) is 1.24. The first-order chi connectivity index (χ1) is 6.58. The molecule has 1 rings (SSSR count). The van der Waals surface area contributed by atoms with Crippen molar-refractivity contribution in [2.45, 2.75) is 19.9 Å². The van der Waals surface area contributed by atoms with E-state index in [1.54, 1.807) is 0 Å². The Bertz CT molecular complexity index is 282. The third-order valence-corrected chi connectivity index (χ3v) is 2.19. The molecule has 0 amide bonds.